The van der Waals surface area contributed by atoms with Crippen molar-refractivity contribution in [1.29, 1.82) is 0 Å². The Hall–Kier alpha value is -2.15. The molecule has 1 atom stereocenters. The van der Waals surface area contributed by atoms with Gasteiger partial charge in [-0.3, -0.25) is 0 Å². The second-order valence-electron chi connectivity index (χ2n) is 6.12. The zero-order chi connectivity index (χ0) is 19.4. The first kappa shape index (κ1) is 19.6. The maximum Gasteiger partial charge on any atom is 0.241 e. The molecule has 0 heterocycles. The molecule has 4 nitrogen and oxygen atoms in total. The van der Waals surface area contributed by atoms with Crippen molar-refractivity contribution in [2.24, 2.45) is 0 Å². The van der Waals surface area contributed by atoms with Crippen molar-refractivity contribution >= 4 is 26.0 Å². The van der Waals surface area contributed by atoms with E-state index in [0.717, 1.165) is 16.7 Å². The van der Waals surface area contributed by atoms with Crippen molar-refractivity contribution in [2.45, 2.75) is 17.9 Å². The molecule has 0 aliphatic carbocycles. The van der Waals surface area contributed by atoms with Gasteiger partial charge in [0, 0.05) is 0 Å². The maximum absolute atomic E-state index is 13.1. The Morgan fingerprint density at radius 2 is 1.63 bits per heavy atom. The third-order valence-corrected chi connectivity index (χ3v) is 6.38. The average Bonchev–Trinajstić information content (AvgIpc) is 2.67. The molecular weight excluding hydrogens is 426 g/mol. The molecule has 1 N–H and O–H groups in total. The zero-order valence-electron chi connectivity index (χ0n) is 15.0. The molecule has 0 fully saturated rings. The number of nitrogens with one attached hydrogen (secondary N) is 1. The monoisotopic (exact) mass is 445 g/mol. The number of methoxy groups -OCH3 is 1. The summed E-state index contributed by atoms with van der Waals surface area (Å²) in [7, 11) is -2.22. The molecular formula is C21H20BrNO3S. The SMILES string of the molecule is COc1ccc(S(=O)(=O)N[C@H](c2ccccc2)c2ccccc2C)cc1Br. The Bertz CT molecular complexity index is 1040. The van der Waals surface area contributed by atoms with Crippen molar-refractivity contribution in [3.05, 3.63) is 94.0 Å². The van der Waals surface area contributed by atoms with Crippen LogP contribution in [-0.2, 0) is 10.0 Å². The lowest BCUT2D eigenvalue weighted by Crippen LogP contribution is -2.30. The third kappa shape index (κ3) is 4.40. The van der Waals surface area contributed by atoms with E-state index >= 15 is 0 Å². The molecule has 0 aliphatic heterocycles. The van der Waals surface area contributed by atoms with Crippen LogP contribution in [0.15, 0.2) is 82.2 Å². The van der Waals surface area contributed by atoms with Gasteiger partial charge in [-0.05, 0) is 57.7 Å². The first-order valence-corrected chi connectivity index (χ1v) is 10.7. The number of rotatable bonds is 6. The Kier molecular flexibility index (Phi) is 5.99. The number of ether oxygens (including phenoxy) is 1. The molecule has 0 amide bonds. The van der Waals surface area contributed by atoms with Crippen molar-refractivity contribution in [2.75, 3.05) is 7.11 Å². The van der Waals surface area contributed by atoms with E-state index in [9.17, 15) is 8.42 Å². The molecule has 0 radical (unpaired) electrons. The van der Waals surface area contributed by atoms with E-state index in [1.165, 1.54) is 13.2 Å². The van der Waals surface area contributed by atoms with Crippen LogP contribution < -0.4 is 9.46 Å². The Labute approximate surface area is 168 Å². The smallest absolute Gasteiger partial charge is 0.241 e. The number of hydrogen-bond acceptors (Lipinski definition) is 3. The van der Waals surface area contributed by atoms with Crippen LogP contribution in [0.5, 0.6) is 5.75 Å². The fourth-order valence-electron chi connectivity index (χ4n) is 2.90. The molecule has 140 valence electrons. The fraction of sp³-hybridized carbons (Fsp3) is 0.143. The van der Waals surface area contributed by atoms with Gasteiger partial charge in [-0.25, -0.2) is 8.42 Å². The molecule has 0 saturated heterocycles. The van der Waals surface area contributed by atoms with Gasteiger partial charge in [0.25, 0.3) is 0 Å². The zero-order valence-corrected chi connectivity index (χ0v) is 17.4. The van der Waals surface area contributed by atoms with Crippen LogP contribution in [0.1, 0.15) is 22.7 Å². The topological polar surface area (TPSA) is 55.4 Å². The van der Waals surface area contributed by atoms with Crippen LogP contribution in [0.2, 0.25) is 0 Å². The predicted octanol–water partition coefficient (Wildman–Crippen LogP) is 4.83. The van der Waals surface area contributed by atoms with Crippen molar-refractivity contribution in [1.82, 2.24) is 4.72 Å². The summed E-state index contributed by atoms with van der Waals surface area (Å²) in [6.45, 7) is 1.98. The summed E-state index contributed by atoms with van der Waals surface area (Å²) in [5.74, 6) is 0.576. The van der Waals surface area contributed by atoms with E-state index in [1.54, 1.807) is 12.1 Å². The van der Waals surface area contributed by atoms with E-state index < -0.39 is 16.1 Å². The highest BCUT2D eigenvalue weighted by atomic mass is 79.9. The van der Waals surface area contributed by atoms with Gasteiger partial charge in [0.15, 0.2) is 0 Å². The van der Waals surface area contributed by atoms with Gasteiger partial charge >= 0.3 is 0 Å². The van der Waals surface area contributed by atoms with Crippen LogP contribution >= 0.6 is 15.9 Å². The molecule has 0 unspecified atom stereocenters. The second-order valence-corrected chi connectivity index (χ2v) is 8.69. The molecule has 0 bridgehead atoms. The average molecular weight is 446 g/mol. The van der Waals surface area contributed by atoms with Gasteiger partial charge in [-0.2, -0.15) is 4.72 Å². The quantitative estimate of drug-likeness (QED) is 0.590. The molecule has 0 aliphatic rings. The standard InChI is InChI=1S/C21H20BrNO3S/c1-15-8-6-7-11-18(15)21(16-9-4-3-5-10-16)23-27(24,25)17-12-13-20(26-2)19(22)14-17/h3-14,21,23H,1-2H3/t21-/m1/s1. The molecule has 0 aromatic heterocycles. The lowest BCUT2D eigenvalue weighted by atomic mass is 9.96. The van der Waals surface area contributed by atoms with Gasteiger partial charge in [-0.15, -0.1) is 0 Å². The van der Waals surface area contributed by atoms with Crippen molar-refractivity contribution in [3.63, 3.8) is 0 Å². The van der Waals surface area contributed by atoms with Crippen molar-refractivity contribution < 1.29 is 13.2 Å². The minimum absolute atomic E-state index is 0.171. The van der Waals surface area contributed by atoms with Crippen LogP contribution in [-0.4, -0.2) is 15.5 Å². The number of halogens is 1. The summed E-state index contributed by atoms with van der Waals surface area (Å²) < 4.78 is 34.8. The van der Waals surface area contributed by atoms with E-state index in [1.807, 2.05) is 61.5 Å². The lowest BCUT2D eigenvalue weighted by molar-refractivity contribution is 0.411. The first-order chi connectivity index (χ1) is 12.9. The van der Waals surface area contributed by atoms with E-state index in [2.05, 4.69) is 20.7 Å². The summed E-state index contributed by atoms with van der Waals surface area (Å²) in [4.78, 5) is 0.171. The maximum atomic E-state index is 13.1. The summed E-state index contributed by atoms with van der Waals surface area (Å²) in [6.07, 6.45) is 0. The van der Waals surface area contributed by atoms with Crippen LogP contribution in [0.3, 0.4) is 0 Å². The number of sulfonamides is 1. The van der Waals surface area contributed by atoms with Gasteiger partial charge in [-0.1, -0.05) is 54.6 Å². The lowest BCUT2D eigenvalue weighted by Gasteiger charge is -2.22. The van der Waals surface area contributed by atoms with Crippen LogP contribution in [0.25, 0.3) is 0 Å². The summed E-state index contributed by atoms with van der Waals surface area (Å²) >= 11 is 3.35. The highest BCUT2D eigenvalue weighted by Crippen LogP contribution is 2.30. The van der Waals surface area contributed by atoms with Crippen LogP contribution in [0, 0.1) is 6.92 Å². The summed E-state index contributed by atoms with van der Waals surface area (Å²) in [6, 6.07) is 21.5. The molecule has 3 aromatic carbocycles. The fourth-order valence-corrected chi connectivity index (χ4v) is 4.83. The Balaban J connectivity index is 2.04. The number of aryl methyl sites for hydroxylation is 1. The normalized spacial score (nSPS) is 12.6. The minimum atomic E-state index is -3.76. The van der Waals surface area contributed by atoms with Gasteiger partial charge in [0.1, 0.15) is 5.75 Å². The van der Waals surface area contributed by atoms with Gasteiger partial charge in [0.05, 0.1) is 22.5 Å². The molecule has 0 saturated carbocycles. The van der Waals surface area contributed by atoms with Crippen LogP contribution in [0.4, 0.5) is 0 Å². The largest absolute Gasteiger partial charge is 0.496 e. The molecule has 0 spiro atoms. The molecule has 3 rings (SSSR count). The Morgan fingerprint density at radius 3 is 2.26 bits per heavy atom. The highest BCUT2D eigenvalue weighted by Gasteiger charge is 2.24. The molecule has 27 heavy (non-hydrogen) atoms. The second kappa shape index (κ2) is 8.25. The van der Waals surface area contributed by atoms with E-state index in [-0.39, 0.29) is 4.90 Å². The minimum Gasteiger partial charge on any atom is -0.496 e. The van der Waals surface area contributed by atoms with Gasteiger partial charge in [0.2, 0.25) is 10.0 Å². The number of benzene rings is 3. The number of hydrogen-bond donors (Lipinski definition) is 1. The third-order valence-electron chi connectivity index (χ3n) is 4.34. The van der Waals surface area contributed by atoms with Gasteiger partial charge < -0.3 is 4.74 Å². The Morgan fingerprint density at radius 1 is 0.963 bits per heavy atom. The summed E-state index contributed by atoms with van der Waals surface area (Å²) in [5, 5.41) is 0. The highest BCUT2D eigenvalue weighted by molar-refractivity contribution is 9.10. The first-order valence-electron chi connectivity index (χ1n) is 8.39. The molecule has 3 aromatic rings. The van der Waals surface area contributed by atoms with E-state index in [0.29, 0.717) is 10.2 Å². The molecule has 6 heteroatoms. The predicted molar refractivity (Wildman–Crippen MR) is 110 cm³/mol. The van der Waals surface area contributed by atoms with E-state index in [4.69, 9.17) is 4.74 Å². The summed E-state index contributed by atoms with van der Waals surface area (Å²) in [5.41, 5.74) is 2.81. The van der Waals surface area contributed by atoms with Crippen molar-refractivity contribution in [3.8, 4) is 5.75 Å².